The number of hydrogen-bond acceptors (Lipinski definition) is 4. The molecule has 0 aliphatic rings. The Balaban J connectivity index is -0.0000000417. The van der Waals surface area contributed by atoms with Crippen LogP contribution in [0, 0.1) is 11.5 Å². The maximum Gasteiger partial charge on any atom is 2.00 e. The molecule has 0 aromatic heterocycles. The van der Waals surface area contributed by atoms with Gasteiger partial charge in [-0.2, -0.15) is 13.7 Å². The second-order valence-corrected chi connectivity index (χ2v) is 1.03. The third-order valence-corrected chi connectivity index (χ3v) is 0.346. The van der Waals surface area contributed by atoms with Crippen LogP contribution in [-0.4, -0.2) is 46.2 Å². The quantitative estimate of drug-likeness (QED) is 0.337. The molecule has 0 atom stereocenters. The topological polar surface area (TPSA) is 70.3 Å². The Morgan fingerprint density at radius 3 is 2.14 bits per heavy atom. The van der Waals surface area contributed by atoms with E-state index < -0.39 is 10.5 Å². The predicted molar refractivity (Wildman–Crippen MR) is 24.9 cm³/mol. The first-order valence-corrected chi connectivity index (χ1v) is 1.99. The maximum absolute atomic E-state index is 9.21. The van der Waals surface area contributed by atoms with Crippen LogP contribution < -0.4 is 0 Å². The Morgan fingerprint density at radius 2 is 2.14 bits per heavy atom. The normalized spacial score (nSPS) is 5.00. The maximum atomic E-state index is 9.21. The van der Waals surface area contributed by atoms with E-state index in [1.54, 1.807) is 0 Å². The van der Waals surface area contributed by atoms with Crippen LogP contribution in [0.3, 0.4) is 0 Å². The molecule has 0 saturated heterocycles. The van der Waals surface area contributed by atoms with Crippen molar-refractivity contribution in [2.24, 2.45) is 4.36 Å². The van der Waals surface area contributed by atoms with Gasteiger partial charge in [0.15, 0.2) is 0 Å². The molecule has 0 amide bonds. The van der Waals surface area contributed by atoms with E-state index in [9.17, 15) is 8.42 Å². The van der Waals surface area contributed by atoms with E-state index in [-0.39, 0.29) is 40.6 Å². The zero-order valence-electron chi connectivity index (χ0n) is 5.33. The Bertz CT molecular complexity index is 185. The summed E-state index contributed by atoms with van der Waals surface area (Å²) >= 11 is 0. The van der Waals surface area contributed by atoms with Gasteiger partial charge in [-0.25, -0.2) is 0 Å². The SMILES string of the molecule is N#CN=S(=O)=O.[Ca+2].[H-].[H-]. The van der Waals surface area contributed by atoms with E-state index in [0.717, 1.165) is 6.19 Å². The fourth-order valence-corrected chi connectivity index (χ4v) is 0.100. The van der Waals surface area contributed by atoms with Gasteiger partial charge in [0.1, 0.15) is 0 Å². The average Bonchev–Trinajstić information content (AvgIpc) is 1.35. The molecule has 36 valence electrons. The third-order valence-electron chi connectivity index (χ3n) is 0.115. The third kappa shape index (κ3) is 10.7. The molecular formula is CH2CaN2O2S. The standard InChI is InChI=1S/CN2O2S.Ca.2H/c2-1-3-6(4)5;;;/q;+2;2*-1. The molecule has 0 aliphatic heterocycles. The average molecular weight is 146 g/mol. The van der Waals surface area contributed by atoms with Gasteiger partial charge >= 0.3 is 48.2 Å². The smallest absolute Gasteiger partial charge is 1.00 e. The molecule has 0 aromatic carbocycles. The minimum absolute atomic E-state index is 0. The fourth-order valence-electron chi connectivity index (χ4n) is 0.0333. The summed E-state index contributed by atoms with van der Waals surface area (Å²) in [6.45, 7) is 0. The summed E-state index contributed by atoms with van der Waals surface area (Å²) < 4.78 is 20.8. The van der Waals surface area contributed by atoms with Gasteiger partial charge in [0, 0.05) is 0 Å². The monoisotopic (exact) mass is 146 g/mol. The van der Waals surface area contributed by atoms with Crippen molar-refractivity contribution in [3.05, 3.63) is 0 Å². The molecule has 6 heteroatoms. The van der Waals surface area contributed by atoms with Gasteiger partial charge in [0.2, 0.25) is 6.19 Å². The summed E-state index contributed by atoms with van der Waals surface area (Å²) in [7, 11) is -2.55. The molecule has 0 heterocycles. The van der Waals surface area contributed by atoms with Crippen LogP contribution >= 0.6 is 0 Å². The summed E-state index contributed by atoms with van der Waals surface area (Å²) in [5.74, 6) is 0. The van der Waals surface area contributed by atoms with E-state index in [2.05, 4.69) is 4.36 Å². The van der Waals surface area contributed by atoms with Crippen LogP contribution in [0.4, 0.5) is 0 Å². The Hall–Kier alpha value is 0.370. The van der Waals surface area contributed by atoms with E-state index in [0.29, 0.717) is 0 Å². The van der Waals surface area contributed by atoms with Crippen LogP contribution in [-0.2, 0) is 10.5 Å². The zero-order valence-corrected chi connectivity index (χ0v) is 6.35. The van der Waals surface area contributed by atoms with Crippen LogP contribution in [0.2, 0.25) is 0 Å². The van der Waals surface area contributed by atoms with Crippen molar-refractivity contribution >= 4 is 48.2 Å². The molecule has 4 nitrogen and oxygen atoms in total. The van der Waals surface area contributed by atoms with E-state index in [1.807, 2.05) is 0 Å². The number of hydrogen-bond donors (Lipinski definition) is 0. The van der Waals surface area contributed by atoms with Crippen molar-refractivity contribution in [1.29, 1.82) is 5.26 Å². The van der Waals surface area contributed by atoms with Crippen LogP contribution in [0.25, 0.3) is 0 Å². The van der Waals surface area contributed by atoms with E-state index in [1.165, 1.54) is 0 Å². The Labute approximate surface area is 74.8 Å². The van der Waals surface area contributed by atoms with Crippen molar-refractivity contribution in [1.82, 2.24) is 0 Å². The summed E-state index contributed by atoms with van der Waals surface area (Å²) in [5.41, 5.74) is 0. The second kappa shape index (κ2) is 6.37. The minimum Gasteiger partial charge on any atom is -1.00 e. The molecule has 0 saturated carbocycles. The predicted octanol–water partition coefficient (Wildman–Crippen LogP) is -0.626. The van der Waals surface area contributed by atoms with Crippen LogP contribution in [0.15, 0.2) is 4.36 Å². The van der Waals surface area contributed by atoms with Gasteiger partial charge in [-0.15, -0.1) is 0 Å². The van der Waals surface area contributed by atoms with Gasteiger partial charge in [0.05, 0.1) is 0 Å². The van der Waals surface area contributed by atoms with Gasteiger partial charge in [-0.1, -0.05) is 4.36 Å². The van der Waals surface area contributed by atoms with Crippen molar-refractivity contribution in [3.63, 3.8) is 0 Å². The minimum atomic E-state index is -2.55. The first-order valence-electron chi connectivity index (χ1n) is 0.963. The van der Waals surface area contributed by atoms with Crippen molar-refractivity contribution in [3.8, 4) is 6.19 Å². The molecule has 0 aromatic rings. The summed E-state index contributed by atoms with van der Waals surface area (Å²) in [6.07, 6.45) is 1.08. The first kappa shape index (κ1) is 10.4. The summed E-state index contributed by atoms with van der Waals surface area (Å²) in [5, 5.41) is 7.43. The zero-order chi connectivity index (χ0) is 4.99. The molecule has 0 rings (SSSR count). The molecular weight excluding hydrogens is 144 g/mol. The van der Waals surface area contributed by atoms with Gasteiger partial charge in [-0.05, 0) is 0 Å². The van der Waals surface area contributed by atoms with Crippen molar-refractivity contribution in [2.75, 3.05) is 0 Å². The molecule has 0 N–H and O–H groups in total. The van der Waals surface area contributed by atoms with Crippen LogP contribution in [0.1, 0.15) is 2.85 Å². The molecule has 0 radical (unpaired) electrons. The number of nitrogens with zero attached hydrogens (tertiary/aromatic N) is 2. The van der Waals surface area contributed by atoms with Crippen LogP contribution in [0.5, 0.6) is 0 Å². The Morgan fingerprint density at radius 1 is 1.71 bits per heavy atom. The molecule has 7 heavy (non-hydrogen) atoms. The molecule has 0 fully saturated rings. The largest absolute Gasteiger partial charge is 2.00 e. The molecule has 0 unspecified atom stereocenters. The first-order chi connectivity index (χ1) is 2.77. The van der Waals surface area contributed by atoms with Gasteiger partial charge in [0.25, 0.3) is 0 Å². The van der Waals surface area contributed by atoms with Gasteiger partial charge in [-0.3, -0.25) is 0 Å². The van der Waals surface area contributed by atoms with Gasteiger partial charge < -0.3 is 2.85 Å². The summed E-state index contributed by atoms with van der Waals surface area (Å²) in [6, 6.07) is 0. The number of nitriles is 1. The number of rotatable bonds is 0. The fraction of sp³-hybridized carbons (Fsp3) is 0. The second-order valence-electron chi connectivity index (χ2n) is 0.408. The van der Waals surface area contributed by atoms with Crippen molar-refractivity contribution < 1.29 is 11.3 Å². The van der Waals surface area contributed by atoms with E-state index in [4.69, 9.17) is 5.26 Å². The molecule has 0 aliphatic carbocycles. The molecule has 0 spiro atoms. The van der Waals surface area contributed by atoms with Crippen molar-refractivity contribution in [2.45, 2.75) is 0 Å². The van der Waals surface area contributed by atoms with E-state index >= 15 is 0 Å². The Kier molecular flexibility index (Phi) is 9.44. The summed E-state index contributed by atoms with van der Waals surface area (Å²) in [4.78, 5) is 0. The molecule has 0 bridgehead atoms.